The molecule has 1 aromatic rings. The van der Waals surface area contributed by atoms with E-state index in [1.54, 1.807) is 4.68 Å². The fourth-order valence-electron chi connectivity index (χ4n) is 2.36. The number of aromatic nitrogens is 3. The highest BCUT2D eigenvalue weighted by molar-refractivity contribution is 4.91. The Balaban J connectivity index is 1.65. The number of aliphatic hydroxyl groups excluding tert-OH is 1. The van der Waals surface area contributed by atoms with Crippen LogP contribution in [0.5, 0.6) is 0 Å². The molecule has 2 heterocycles. The maximum absolute atomic E-state index is 8.74. The highest BCUT2D eigenvalue weighted by atomic mass is 16.3. The molecule has 0 bridgehead atoms. The van der Waals surface area contributed by atoms with Gasteiger partial charge in [0.1, 0.15) is 0 Å². The van der Waals surface area contributed by atoms with Gasteiger partial charge in [0.15, 0.2) is 0 Å². The van der Waals surface area contributed by atoms with Gasteiger partial charge in [0.2, 0.25) is 0 Å². The lowest BCUT2D eigenvalue weighted by atomic mass is 10.1. The summed E-state index contributed by atoms with van der Waals surface area (Å²) in [7, 11) is 2.17. The van der Waals surface area contributed by atoms with Crippen LogP contribution in [-0.4, -0.2) is 58.3 Å². The van der Waals surface area contributed by atoms with Gasteiger partial charge in [-0.1, -0.05) is 5.21 Å². The minimum atomic E-state index is 0.197. The summed E-state index contributed by atoms with van der Waals surface area (Å²) < 4.78 is 1.79. The molecule has 0 aliphatic carbocycles. The average Bonchev–Trinajstić information content (AvgIpc) is 2.96. The van der Waals surface area contributed by atoms with Crippen molar-refractivity contribution in [1.82, 2.24) is 25.2 Å². The molecule has 2 N–H and O–H groups in total. The maximum atomic E-state index is 8.74. The van der Waals surface area contributed by atoms with E-state index in [9.17, 15) is 0 Å². The van der Waals surface area contributed by atoms with Gasteiger partial charge < -0.3 is 15.3 Å². The summed E-state index contributed by atoms with van der Waals surface area (Å²) in [5.41, 5.74) is 0.972. The molecule has 0 aromatic carbocycles. The Morgan fingerprint density at radius 3 is 3.17 bits per heavy atom. The van der Waals surface area contributed by atoms with E-state index in [0.29, 0.717) is 0 Å². The monoisotopic (exact) mass is 253 g/mol. The van der Waals surface area contributed by atoms with Gasteiger partial charge in [-0.25, -0.2) is 0 Å². The topological polar surface area (TPSA) is 66.2 Å². The van der Waals surface area contributed by atoms with Crippen LogP contribution in [0.4, 0.5) is 0 Å². The van der Waals surface area contributed by atoms with Crippen molar-refractivity contribution in [3.05, 3.63) is 11.9 Å². The molecule has 1 fully saturated rings. The molecule has 1 unspecified atom stereocenters. The summed E-state index contributed by atoms with van der Waals surface area (Å²) in [5, 5.41) is 20.3. The first-order valence-corrected chi connectivity index (χ1v) is 6.67. The third-order valence-corrected chi connectivity index (χ3v) is 3.36. The fourth-order valence-corrected chi connectivity index (χ4v) is 2.36. The van der Waals surface area contributed by atoms with Crippen molar-refractivity contribution in [2.75, 3.05) is 33.3 Å². The van der Waals surface area contributed by atoms with E-state index in [-0.39, 0.29) is 6.61 Å². The third-order valence-electron chi connectivity index (χ3n) is 3.36. The van der Waals surface area contributed by atoms with Crippen molar-refractivity contribution in [2.24, 2.45) is 5.92 Å². The summed E-state index contributed by atoms with van der Waals surface area (Å²) in [6, 6.07) is 0. The molecule has 1 saturated heterocycles. The smallest absolute Gasteiger partial charge is 0.0964 e. The Bertz CT molecular complexity index is 354. The predicted octanol–water partition coefficient (Wildman–Crippen LogP) is -0.298. The number of nitrogens with one attached hydrogen (secondary N) is 1. The second-order valence-electron chi connectivity index (χ2n) is 5.10. The standard InChI is InChI=1S/C12H23N5O/c1-16-5-3-11(9-16)7-13-8-12-10-17(15-14-12)4-2-6-18/h10-11,13,18H,2-9H2,1H3. The maximum Gasteiger partial charge on any atom is 0.0964 e. The lowest BCUT2D eigenvalue weighted by Gasteiger charge is -2.10. The van der Waals surface area contributed by atoms with Crippen LogP contribution in [-0.2, 0) is 13.1 Å². The molecule has 102 valence electrons. The van der Waals surface area contributed by atoms with Gasteiger partial charge in [-0.2, -0.15) is 0 Å². The summed E-state index contributed by atoms with van der Waals surface area (Å²) >= 11 is 0. The summed E-state index contributed by atoms with van der Waals surface area (Å²) in [4.78, 5) is 2.37. The molecule has 1 aromatic heterocycles. The van der Waals surface area contributed by atoms with Crippen LogP contribution < -0.4 is 5.32 Å². The molecular formula is C12H23N5O. The minimum absolute atomic E-state index is 0.197. The summed E-state index contributed by atoms with van der Waals surface area (Å²) in [6.45, 7) is 5.16. The van der Waals surface area contributed by atoms with Gasteiger partial charge >= 0.3 is 0 Å². The van der Waals surface area contributed by atoms with E-state index in [1.165, 1.54) is 19.5 Å². The minimum Gasteiger partial charge on any atom is -0.396 e. The molecule has 1 atom stereocenters. The molecule has 6 nitrogen and oxygen atoms in total. The lowest BCUT2D eigenvalue weighted by molar-refractivity contribution is 0.276. The van der Waals surface area contributed by atoms with Gasteiger partial charge in [0.05, 0.1) is 5.69 Å². The largest absolute Gasteiger partial charge is 0.396 e. The first kappa shape index (κ1) is 13.5. The van der Waals surface area contributed by atoms with E-state index in [0.717, 1.165) is 37.7 Å². The van der Waals surface area contributed by atoms with E-state index in [4.69, 9.17) is 5.11 Å². The number of aryl methyl sites for hydroxylation is 1. The molecule has 2 rings (SSSR count). The normalized spacial score (nSPS) is 20.7. The molecule has 18 heavy (non-hydrogen) atoms. The zero-order chi connectivity index (χ0) is 12.8. The molecule has 0 amide bonds. The molecule has 0 radical (unpaired) electrons. The Morgan fingerprint density at radius 1 is 1.56 bits per heavy atom. The SMILES string of the molecule is CN1CCC(CNCc2cn(CCCO)nn2)C1. The van der Waals surface area contributed by atoms with Gasteiger partial charge in [-0.3, -0.25) is 4.68 Å². The Labute approximate surface area is 108 Å². The molecular weight excluding hydrogens is 230 g/mol. The van der Waals surface area contributed by atoms with Crippen LogP contribution in [0, 0.1) is 5.92 Å². The Hall–Kier alpha value is -0.980. The summed E-state index contributed by atoms with van der Waals surface area (Å²) in [6.07, 6.45) is 3.96. The number of aliphatic hydroxyl groups is 1. The first-order chi connectivity index (χ1) is 8.78. The number of hydrogen-bond acceptors (Lipinski definition) is 5. The number of rotatable bonds is 7. The highest BCUT2D eigenvalue weighted by Gasteiger charge is 2.18. The van der Waals surface area contributed by atoms with Crippen molar-refractivity contribution in [3.8, 4) is 0 Å². The predicted molar refractivity (Wildman–Crippen MR) is 69.0 cm³/mol. The Kier molecular flexibility index (Phi) is 5.10. The van der Waals surface area contributed by atoms with Gasteiger partial charge in [0, 0.05) is 32.4 Å². The zero-order valence-electron chi connectivity index (χ0n) is 11.0. The number of hydrogen-bond donors (Lipinski definition) is 2. The molecule has 0 saturated carbocycles. The average molecular weight is 253 g/mol. The van der Waals surface area contributed by atoms with Crippen molar-refractivity contribution in [1.29, 1.82) is 0 Å². The van der Waals surface area contributed by atoms with Crippen LogP contribution >= 0.6 is 0 Å². The number of likely N-dealkylation sites (tertiary alicyclic amines) is 1. The zero-order valence-corrected chi connectivity index (χ0v) is 11.0. The molecule has 1 aliphatic rings. The van der Waals surface area contributed by atoms with E-state index in [2.05, 4.69) is 27.6 Å². The quantitative estimate of drug-likeness (QED) is 0.698. The fraction of sp³-hybridized carbons (Fsp3) is 0.833. The van der Waals surface area contributed by atoms with E-state index in [1.807, 2.05) is 6.20 Å². The van der Waals surface area contributed by atoms with Crippen molar-refractivity contribution < 1.29 is 5.11 Å². The van der Waals surface area contributed by atoms with Crippen LogP contribution in [0.15, 0.2) is 6.20 Å². The van der Waals surface area contributed by atoms with E-state index >= 15 is 0 Å². The van der Waals surface area contributed by atoms with Crippen LogP contribution in [0.2, 0.25) is 0 Å². The van der Waals surface area contributed by atoms with Crippen molar-refractivity contribution >= 4 is 0 Å². The first-order valence-electron chi connectivity index (χ1n) is 6.67. The summed E-state index contributed by atoms with van der Waals surface area (Å²) in [5.74, 6) is 0.763. The molecule has 6 heteroatoms. The van der Waals surface area contributed by atoms with Gasteiger partial charge in [-0.15, -0.1) is 5.10 Å². The lowest BCUT2D eigenvalue weighted by Crippen LogP contribution is -2.24. The van der Waals surface area contributed by atoms with Crippen molar-refractivity contribution in [2.45, 2.75) is 25.9 Å². The van der Waals surface area contributed by atoms with E-state index < -0.39 is 0 Å². The van der Waals surface area contributed by atoms with Gasteiger partial charge in [-0.05, 0) is 38.9 Å². The molecule has 0 spiro atoms. The van der Waals surface area contributed by atoms with Crippen molar-refractivity contribution in [3.63, 3.8) is 0 Å². The second-order valence-corrected chi connectivity index (χ2v) is 5.10. The van der Waals surface area contributed by atoms with Gasteiger partial charge in [0.25, 0.3) is 0 Å². The van der Waals surface area contributed by atoms with Crippen LogP contribution in [0.25, 0.3) is 0 Å². The Morgan fingerprint density at radius 2 is 2.44 bits per heavy atom. The van der Waals surface area contributed by atoms with Crippen LogP contribution in [0.3, 0.4) is 0 Å². The highest BCUT2D eigenvalue weighted by Crippen LogP contribution is 2.12. The third kappa shape index (κ3) is 4.04. The van der Waals surface area contributed by atoms with Crippen LogP contribution in [0.1, 0.15) is 18.5 Å². The second kappa shape index (κ2) is 6.82. The molecule has 1 aliphatic heterocycles. The number of nitrogens with zero attached hydrogens (tertiary/aromatic N) is 4.